The fourth-order valence-corrected chi connectivity index (χ4v) is 2.91. The van der Waals surface area contributed by atoms with E-state index in [4.69, 9.17) is 11.6 Å². The molecular formula is C15H20ClFN2O. The van der Waals surface area contributed by atoms with E-state index in [1.54, 1.807) is 6.92 Å². The van der Waals surface area contributed by atoms with Gasteiger partial charge in [0.25, 0.3) is 5.91 Å². The predicted molar refractivity (Wildman–Crippen MR) is 78.7 cm³/mol. The lowest BCUT2D eigenvalue weighted by Crippen LogP contribution is -2.41. The first-order valence-corrected chi connectivity index (χ1v) is 7.33. The molecule has 0 aromatic heterocycles. The largest absolute Gasteiger partial charge is 0.349 e. The van der Waals surface area contributed by atoms with Crippen molar-refractivity contribution in [1.29, 1.82) is 0 Å². The SMILES string of the molecule is CNC1CCC(NC(=O)c2cc(F)c(C)cc2Cl)CC1. The topological polar surface area (TPSA) is 41.1 Å². The van der Waals surface area contributed by atoms with Gasteiger partial charge in [0.2, 0.25) is 0 Å². The lowest BCUT2D eigenvalue weighted by molar-refractivity contribution is 0.0924. The van der Waals surface area contributed by atoms with Crippen molar-refractivity contribution in [2.45, 2.75) is 44.7 Å². The van der Waals surface area contributed by atoms with Crippen LogP contribution in [0.2, 0.25) is 5.02 Å². The van der Waals surface area contributed by atoms with Crippen molar-refractivity contribution in [3.05, 3.63) is 34.1 Å². The maximum absolute atomic E-state index is 13.5. The Bertz CT molecular complexity index is 499. The van der Waals surface area contributed by atoms with Gasteiger partial charge in [-0.3, -0.25) is 4.79 Å². The number of benzene rings is 1. The summed E-state index contributed by atoms with van der Waals surface area (Å²) in [6.07, 6.45) is 3.95. The van der Waals surface area contributed by atoms with Crippen LogP contribution in [-0.4, -0.2) is 25.0 Å². The minimum absolute atomic E-state index is 0.146. The fourth-order valence-electron chi connectivity index (χ4n) is 2.61. The van der Waals surface area contributed by atoms with Crippen LogP contribution >= 0.6 is 11.6 Å². The van der Waals surface area contributed by atoms with E-state index in [9.17, 15) is 9.18 Å². The van der Waals surface area contributed by atoms with Crippen molar-refractivity contribution in [2.75, 3.05) is 7.05 Å². The molecule has 1 saturated carbocycles. The first-order valence-electron chi connectivity index (χ1n) is 6.95. The Morgan fingerprint density at radius 2 is 1.85 bits per heavy atom. The lowest BCUT2D eigenvalue weighted by atomic mass is 9.91. The molecule has 0 bridgehead atoms. The summed E-state index contributed by atoms with van der Waals surface area (Å²) >= 11 is 6.02. The number of hydrogen-bond acceptors (Lipinski definition) is 2. The molecule has 1 fully saturated rings. The first kappa shape index (κ1) is 15.3. The first-order chi connectivity index (χ1) is 9.51. The second kappa shape index (κ2) is 6.55. The van der Waals surface area contributed by atoms with E-state index >= 15 is 0 Å². The van der Waals surface area contributed by atoms with Gasteiger partial charge in [0.1, 0.15) is 5.82 Å². The Hall–Kier alpha value is -1.13. The number of rotatable bonds is 3. The number of aryl methyl sites for hydroxylation is 1. The Balaban J connectivity index is 2.01. The Morgan fingerprint density at radius 3 is 2.45 bits per heavy atom. The summed E-state index contributed by atoms with van der Waals surface area (Å²) in [5.41, 5.74) is 0.659. The highest BCUT2D eigenvalue weighted by molar-refractivity contribution is 6.33. The van der Waals surface area contributed by atoms with Crippen molar-refractivity contribution in [2.24, 2.45) is 0 Å². The Labute approximate surface area is 123 Å². The molecule has 20 heavy (non-hydrogen) atoms. The molecule has 1 aliphatic rings. The summed E-state index contributed by atoms with van der Waals surface area (Å²) in [5, 5.41) is 6.49. The second-order valence-electron chi connectivity index (χ2n) is 5.39. The summed E-state index contributed by atoms with van der Waals surface area (Å²) in [6.45, 7) is 1.63. The van der Waals surface area contributed by atoms with Crippen LogP contribution in [0.1, 0.15) is 41.6 Å². The molecule has 0 radical (unpaired) electrons. The standard InChI is InChI=1S/C15H20ClFN2O/c1-9-7-13(16)12(8-14(9)17)15(20)19-11-5-3-10(18-2)4-6-11/h7-8,10-11,18H,3-6H2,1-2H3,(H,19,20). The van der Waals surface area contributed by atoms with Crippen LogP contribution in [-0.2, 0) is 0 Å². The average Bonchev–Trinajstić information content (AvgIpc) is 2.43. The summed E-state index contributed by atoms with van der Waals surface area (Å²) in [6, 6.07) is 3.38. The molecule has 1 aromatic carbocycles. The Kier molecular flexibility index (Phi) is 5.00. The highest BCUT2D eigenvalue weighted by atomic mass is 35.5. The van der Waals surface area contributed by atoms with E-state index in [1.807, 2.05) is 7.05 Å². The van der Waals surface area contributed by atoms with Crippen LogP contribution in [0.3, 0.4) is 0 Å². The fraction of sp³-hybridized carbons (Fsp3) is 0.533. The number of halogens is 2. The maximum Gasteiger partial charge on any atom is 0.253 e. The van der Waals surface area contributed by atoms with Gasteiger partial charge in [0.15, 0.2) is 0 Å². The van der Waals surface area contributed by atoms with Gasteiger partial charge < -0.3 is 10.6 Å². The van der Waals surface area contributed by atoms with Crippen LogP contribution in [0.4, 0.5) is 4.39 Å². The minimum Gasteiger partial charge on any atom is -0.349 e. The van der Waals surface area contributed by atoms with Gasteiger partial charge in [-0.05, 0) is 57.4 Å². The number of carbonyl (C=O) groups excluding carboxylic acids is 1. The van der Waals surface area contributed by atoms with Crippen molar-refractivity contribution in [3.63, 3.8) is 0 Å². The second-order valence-corrected chi connectivity index (χ2v) is 5.80. The zero-order valence-corrected chi connectivity index (χ0v) is 12.6. The van der Waals surface area contributed by atoms with Gasteiger partial charge in [-0.1, -0.05) is 11.6 Å². The number of hydrogen-bond donors (Lipinski definition) is 2. The molecule has 1 amide bonds. The molecule has 0 spiro atoms. The smallest absolute Gasteiger partial charge is 0.253 e. The van der Waals surface area contributed by atoms with Crippen molar-refractivity contribution in [1.82, 2.24) is 10.6 Å². The Morgan fingerprint density at radius 1 is 1.25 bits per heavy atom. The molecule has 3 nitrogen and oxygen atoms in total. The number of amides is 1. The summed E-state index contributed by atoms with van der Waals surface area (Å²) in [7, 11) is 1.96. The third-order valence-electron chi connectivity index (χ3n) is 3.96. The quantitative estimate of drug-likeness (QED) is 0.900. The normalized spacial score (nSPS) is 22.6. The molecule has 2 N–H and O–H groups in total. The van der Waals surface area contributed by atoms with Crippen molar-refractivity contribution < 1.29 is 9.18 Å². The van der Waals surface area contributed by atoms with Crippen LogP contribution < -0.4 is 10.6 Å². The molecule has 1 aliphatic carbocycles. The molecule has 0 unspecified atom stereocenters. The zero-order valence-electron chi connectivity index (χ0n) is 11.8. The molecule has 0 heterocycles. The molecule has 0 aliphatic heterocycles. The van der Waals surface area contributed by atoms with Crippen LogP contribution in [0, 0.1) is 12.7 Å². The van der Waals surface area contributed by atoms with Gasteiger partial charge in [-0.2, -0.15) is 0 Å². The van der Waals surface area contributed by atoms with Crippen LogP contribution in [0.5, 0.6) is 0 Å². The van der Waals surface area contributed by atoms with Gasteiger partial charge >= 0.3 is 0 Å². The number of nitrogens with one attached hydrogen (secondary N) is 2. The van der Waals surface area contributed by atoms with Crippen LogP contribution in [0.15, 0.2) is 12.1 Å². The van der Waals surface area contributed by atoms with Gasteiger partial charge in [0.05, 0.1) is 10.6 Å². The van der Waals surface area contributed by atoms with Gasteiger partial charge in [0, 0.05) is 12.1 Å². The van der Waals surface area contributed by atoms with E-state index in [-0.39, 0.29) is 17.5 Å². The van der Waals surface area contributed by atoms with Crippen LogP contribution in [0.25, 0.3) is 0 Å². The lowest BCUT2D eigenvalue weighted by Gasteiger charge is -2.28. The van der Waals surface area contributed by atoms with Crippen molar-refractivity contribution >= 4 is 17.5 Å². The molecule has 5 heteroatoms. The van der Waals surface area contributed by atoms with E-state index in [1.165, 1.54) is 12.1 Å². The highest BCUT2D eigenvalue weighted by Gasteiger charge is 2.23. The summed E-state index contributed by atoms with van der Waals surface area (Å²) in [4.78, 5) is 12.2. The van der Waals surface area contributed by atoms with E-state index < -0.39 is 5.82 Å². The molecular weight excluding hydrogens is 279 g/mol. The maximum atomic E-state index is 13.5. The highest BCUT2D eigenvalue weighted by Crippen LogP contribution is 2.22. The average molecular weight is 299 g/mol. The van der Waals surface area contributed by atoms with Gasteiger partial charge in [-0.25, -0.2) is 4.39 Å². The van der Waals surface area contributed by atoms with E-state index in [0.29, 0.717) is 16.6 Å². The number of carbonyl (C=O) groups is 1. The summed E-state index contributed by atoms with van der Waals surface area (Å²) in [5.74, 6) is -0.694. The third kappa shape index (κ3) is 3.49. The zero-order chi connectivity index (χ0) is 14.7. The predicted octanol–water partition coefficient (Wildman–Crippen LogP) is 3.05. The van der Waals surface area contributed by atoms with Gasteiger partial charge in [-0.15, -0.1) is 0 Å². The van der Waals surface area contributed by atoms with E-state index in [0.717, 1.165) is 25.7 Å². The molecule has 110 valence electrons. The minimum atomic E-state index is -0.404. The monoisotopic (exact) mass is 298 g/mol. The molecule has 0 atom stereocenters. The summed E-state index contributed by atoms with van der Waals surface area (Å²) < 4.78 is 13.5. The third-order valence-corrected chi connectivity index (χ3v) is 4.28. The van der Waals surface area contributed by atoms with E-state index in [2.05, 4.69) is 10.6 Å². The molecule has 2 rings (SSSR count). The molecule has 1 aromatic rings. The van der Waals surface area contributed by atoms with Crippen molar-refractivity contribution in [3.8, 4) is 0 Å². The molecule has 0 saturated heterocycles.